The van der Waals surface area contributed by atoms with Gasteiger partial charge >= 0.3 is 23.5 Å². The number of benzene rings is 1. The zero-order chi connectivity index (χ0) is 23.8. The summed E-state index contributed by atoms with van der Waals surface area (Å²) < 4.78 is 17.1. The lowest BCUT2D eigenvalue weighted by atomic mass is 10.0. The van der Waals surface area contributed by atoms with Crippen molar-refractivity contribution in [3.05, 3.63) is 45.7 Å². The van der Waals surface area contributed by atoms with Crippen molar-refractivity contribution < 1.29 is 23.9 Å². The van der Waals surface area contributed by atoms with Crippen molar-refractivity contribution in [2.45, 2.75) is 70.2 Å². The van der Waals surface area contributed by atoms with Crippen LogP contribution in [-0.4, -0.2) is 49.7 Å². The number of para-hydroxylation sites is 1. The first kappa shape index (κ1) is 23.0. The van der Waals surface area contributed by atoms with Gasteiger partial charge in [-0.2, -0.15) is 9.97 Å². The number of fused-ring (bicyclic) bond motifs is 2. The lowest BCUT2D eigenvalue weighted by molar-refractivity contribution is -0.387. The third-order valence-corrected chi connectivity index (χ3v) is 5.87. The molecule has 10 nitrogen and oxygen atoms in total. The summed E-state index contributed by atoms with van der Waals surface area (Å²) in [6.45, 7) is 5.50. The van der Waals surface area contributed by atoms with Crippen molar-refractivity contribution in [3.8, 4) is 17.5 Å². The fourth-order valence-corrected chi connectivity index (χ4v) is 4.46. The number of halogens is 1. The zero-order valence-corrected chi connectivity index (χ0v) is 19.3. The number of amides is 1. The number of hydrogen-bond acceptors (Lipinski definition) is 8. The highest BCUT2D eigenvalue weighted by atomic mass is 35.5. The molecule has 0 spiro atoms. The number of piperidine rings is 1. The largest absolute Gasteiger partial charge is 0.469 e. The minimum absolute atomic E-state index is 0.0525. The van der Waals surface area contributed by atoms with Crippen molar-refractivity contribution >= 4 is 23.4 Å². The molecule has 2 aliphatic heterocycles. The van der Waals surface area contributed by atoms with Gasteiger partial charge in [-0.05, 0) is 45.7 Å². The summed E-state index contributed by atoms with van der Waals surface area (Å²) >= 11 is 6.11. The minimum atomic E-state index is -0.633. The number of hydrogen-bond donors (Lipinski definition) is 0. The molecule has 1 amide bonds. The van der Waals surface area contributed by atoms with Crippen LogP contribution in [0.5, 0.6) is 17.5 Å². The molecule has 2 aromatic rings. The van der Waals surface area contributed by atoms with E-state index in [1.54, 1.807) is 29.2 Å². The lowest BCUT2D eigenvalue weighted by Gasteiger charge is -2.39. The molecule has 0 radical (unpaired) electrons. The maximum atomic E-state index is 12.7. The molecule has 0 saturated carbocycles. The summed E-state index contributed by atoms with van der Waals surface area (Å²) in [5.74, 6) is -0.199. The van der Waals surface area contributed by atoms with Crippen LogP contribution in [-0.2, 0) is 4.74 Å². The van der Waals surface area contributed by atoms with Crippen LogP contribution in [0, 0.1) is 10.1 Å². The van der Waals surface area contributed by atoms with E-state index in [1.807, 2.05) is 20.8 Å². The summed E-state index contributed by atoms with van der Waals surface area (Å²) in [6, 6.07) is 6.50. The van der Waals surface area contributed by atoms with E-state index in [2.05, 4.69) is 9.97 Å². The van der Waals surface area contributed by atoms with Gasteiger partial charge in [0.15, 0.2) is 0 Å². The Morgan fingerprint density at radius 3 is 2.39 bits per heavy atom. The fraction of sp³-hybridized carbons (Fsp3) is 0.500. The minimum Gasteiger partial charge on any atom is -0.469 e. The van der Waals surface area contributed by atoms with E-state index < -0.39 is 16.2 Å². The monoisotopic (exact) mass is 476 g/mol. The van der Waals surface area contributed by atoms with Crippen molar-refractivity contribution in [1.82, 2.24) is 14.9 Å². The highest BCUT2D eigenvalue weighted by Gasteiger charge is 2.46. The number of ether oxygens (including phenoxy) is 3. The van der Waals surface area contributed by atoms with Crippen LogP contribution < -0.4 is 9.47 Å². The maximum absolute atomic E-state index is 12.7. The summed E-state index contributed by atoms with van der Waals surface area (Å²) in [5, 5.41) is 12.1. The Kier molecular flexibility index (Phi) is 6.29. The Morgan fingerprint density at radius 2 is 1.79 bits per heavy atom. The lowest BCUT2D eigenvalue weighted by Crippen LogP contribution is -2.50. The van der Waals surface area contributed by atoms with Crippen molar-refractivity contribution in [2.24, 2.45) is 0 Å². The van der Waals surface area contributed by atoms with E-state index in [0.717, 1.165) is 19.2 Å². The molecule has 176 valence electrons. The molecule has 2 atom stereocenters. The van der Waals surface area contributed by atoms with E-state index in [9.17, 15) is 14.9 Å². The second-order valence-electron chi connectivity index (χ2n) is 9.11. The number of nitro groups is 1. The van der Waals surface area contributed by atoms with Gasteiger partial charge in [0.05, 0.1) is 9.95 Å². The van der Waals surface area contributed by atoms with Gasteiger partial charge in [-0.25, -0.2) is 4.79 Å². The topological polar surface area (TPSA) is 117 Å². The highest BCUT2D eigenvalue weighted by Crippen LogP contribution is 2.41. The quantitative estimate of drug-likeness (QED) is 0.430. The van der Waals surface area contributed by atoms with Gasteiger partial charge < -0.3 is 19.1 Å². The van der Waals surface area contributed by atoms with E-state index in [4.69, 9.17) is 25.8 Å². The van der Waals surface area contributed by atoms with Crippen LogP contribution >= 0.6 is 11.6 Å². The van der Waals surface area contributed by atoms with Crippen LogP contribution in [0.4, 0.5) is 10.5 Å². The van der Waals surface area contributed by atoms with Crippen LogP contribution in [0.3, 0.4) is 0 Å². The molecule has 0 unspecified atom stereocenters. The molecule has 11 heteroatoms. The molecule has 2 saturated heterocycles. The molecule has 2 aliphatic rings. The second kappa shape index (κ2) is 9.01. The van der Waals surface area contributed by atoms with Gasteiger partial charge in [-0.3, -0.25) is 10.1 Å². The molecule has 2 fully saturated rings. The number of aromatic nitrogens is 2. The summed E-state index contributed by atoms with van der Waals surface area (Å²) in [7, 11) is 0. The van der Waals surface area contributed by atoms with E-state index in [1.165, 1.54) is 0 Å². The number of carbonyl (C=O) groups excluding carboxylic acids is 1. The molecular formula is C22H25ClN4O6. The van der Waals surface area contributed by atoms with Crippen molar-refractivity contribution in [3.63, 3.8) is 0 Å². The number of carbonyl (C=O) groups is 1. The van der Waals surface area contributed by atoms with Crippen LogP contribution in [0.15, 0.2) is 30.6 Å². The van der Waals surface area contributed by atoms with E-state index in [-0.39, 0.29) is 41.8 Å². The Hall–Kier alpha value is -3.14. The van der Waals surface area contributed by atoms with Crippen molar-refractivity contribution in [1.29, 1.82) is 0 Å². The average Bonchev–Trinajstić information content (AvgIpc) is 2.99. The number of nitrogens with zero attached hydrogens (tertiary/aromatic N) is 4. The molecule has 2 bridgehead atoms. The van der Waals surface area contributed by atoms with Crippen LogP contribution in [0.25, 0.3) is 0 Å². The molecule has 1 aromatic heterocycles. The first-order valence-electron chi connectivity index (χ1n) is 10.7. The van der Waals surface area contributed by atoms with Crippen LogP contribution in [0.2, 0.25) is 5.02 Å². The first-order chi connectivity index (χ1) is 15.6. The molecule has 33 heavy (non-hydrogen) atoms. The van der Waals surface area contributed by atoms with Gasteiger partial charge in [0, 0.05) is 24.9 Å². The predicted molar refractivity (Wildman–Crippen MR) is 119 cm³/mol. The normalized spacial score (nSPS) is 22.1. The highest BCUT2D eigenvalue weighted by molar-refractivity contribution is 6.32. The Morgan fingerprint density at radius 1 is 1.15 bits per heavy atom. The Balaban J connectivity index is 1.52. The molecule has 1 aromatic carbocycles. The molecule has 0 aliphatic carbocycles. The fourth-order valence-electron chi connectivity index (χ4n) is 4.29. The summed E-state index contributed by atoms with van der Waals surface area (Å²) in [4.78, 5) is 33.6. The first-order valence-corrected chi connectivity index (χ1v) is 11.1. The van der Waals surface area contributed by atoms with Gasteiger partial charge in [0.1, 0.15) is 23.8 Å². The molecular weight excluding hydrogens is 452 g/mol. The molecule has 4 rings (SSSR count). The summed E-state index contributed by atoms with van der Waals surface area (Å²) in [6.07, 6.45) is 3.18. The van der Waals surface area contributed by atoms with Gasteiger partial charge in [-0.15, -0.1) is 0 Å². The molecule has 0 N–H and O–H groups in total. The maximum Gasteiger partial charge on any atom is 0.410 e. The van der Waals surface area contributed by atoms with E-state index in [0.29, 0.717) is 17.9 Å². The SMILES string of the molecule is CC(C)(C)OC(=O)N1[C@@H]2CC[C@@H]1CC(Oc1ncnc(Oc3ccccc3Cl)c1[N+](=O)[O-])C2. The van der Waals surface area contributed by atoms with Gasteiger partial charge in [0.25, 0.3) is 0 Å². The number of rotatable bonds is 5. The van der Waals surface area contributed by atoms with Gasteiger partial charge in [-0.1, -0.05) is 23.7 Å². The van der Waals surface area contributed by atoms with Crippen molar-refractivity contribution in [2.75, 3.05) is 0 Å². The smallest absolute Gasteiger partial charge is 0.410 e. The predicted octanol–water partition coefficient (Wildman–Crippen LogP) is 5.14. The van der Waals surface area contributed by atoms with E-state index >= 15 is 0 Å². The average molecular weight is 477 g/mol. The standard InChI is InChI=1S/C22H25ClN4O6/c1-22(2,3)33-21(28)26-13-8-9-14(26)11-15(10-13)31-19-18(27(29)30)20(25-12-24-19)32-17-7-5-4-6-16(17)23/h4-7,12-15H,8-11H2,1-3H3/t13-,14-/m1/s1. The summed E-state index contributed by atoms with van der Waals surface area (Å²) in [5.41, 5.74) is -1.05. The second-order valence-corrected chi connectivity index (χ2v) is 9.51. The third-order valence-electron chi connectivity index (χ3n) is 5.55. The third kappa shape index (κ3) is 5.11. The van der Waals surface area contributed by atoms with Crippen LogP contribution in [0.1, 0.15) is 46.5 Å². The zero-order valence-electron chi connectivity index (χ0n) is 18.6. The Bertz CT molecular complexity index is 1050. The molecule has 3 heterocycles. The van der Waals surface area contributed by atoms with Gasteiger partial charge in [0.2, 0.25) is 0 Å². The Labute approximate surface area is 196 Å².